The SMILES string of the molecule is Cc1cccc(CC(=O)Nc2nc3ccc(Cl)cc3s2)c1. The zero-order valence-electron chi connectivity index (χ0n) is 11.4. The van der Waals surface area contributed by atoms with E-state index in [0.717, 1.165) is 21.3 Å². The van der Waals surface area contributed by atoms with Crippen LogP contribution in [-0.4, -0.2) is 10.9 Å². The summed E-state index contributed by atoms with van der Waals surface area (Å²) in [6, 6.07) is 13.4. The van der Waals surface area contributed by atoms with Crippen molar-refractivity contribution in [3.05, 3.63) is 58.6 Å². The van der Waals surface area contributed by atoms with Gasteiger partial charge in [0, 0.05) is 5.02 Å². The van der Waals surface area contributed by atoms with Gasteiger partial charge in [-0.3, -0.25) is 4.79 Å². The van der Waals surface area contributed by atoms with Crippen LogP contribution in [0.2, 0.25) is 5.02 Å². The Bertz CT molecular complexity index is 813. The molecule has 0 aliphatic rings. The fourth-order valence-electron chi connectivity index (χ4n) is 2.12. The summed E-state index contributed by atoms with van der Waals surface area (Å²) in [6.45, 7) is 2.01. The topological polar surface area (TPSA) is 42.0 Å². The molecule has 0 fully saturated rings. The molecule has 0 aliphatic carbocycles. The van der Waals surface area contributed by atoms with Gasteiger partial charge in [-0.2, -0.15) is 0 Å². The third-order valence-electron chi connectivity index (χ3n) is 3.04. The minimum atomic E-state index is -0.0641. The molecule has 1 N–H and O–H groups in total. The Morgan fingerprint density at radius 2 is 2.14 bits per heavy atom. The third-order valence-corrected chi connectivity index (χ3v) is 4.21. The van der Waals surface area contributed by atoms with E-state index in [0.29, 0.717) is 16.6 Å². The summed E-state index contributed by atoms with van der Waals surface area (Å²) in [5.41, 5.74) is 2.99. The first-order chi connectivity index (χ1) is 10.1. The van der Waals surface area contributed by atoms with E-state index in [4.69, 9.17) is 11.6 Å². The van der Waals surface area contributed by atoms with Crippen LogP contribution in [-0.2, 0) is 11.2 Å². The molecule has 3 rings (SSSR count). The van der Waals surface area contributed by atoms with E-state index < -0.39 is 0 Å². The van der Waals surface area contributed by atoms with Crippen LogP contribution in [0.3, 0.4) is 0 Å². The van der Waals surface area contributed by atoms with E-state index >= 15 is 0 Å². The van der Waals surface area contributed by atoms with Gasteiger partial charge < -0.3 is 5.32 Å². The Hall–Kier alpha value is -1.91. The highest BCUT2D eigenvalue weighted by Gasteiger charge is 2.09. The Morgan fingerprint density at radius 1 is 1.29 bits per heavy atom. The van der Waals surface area contributed by atoms with Crippen LogP contribution in [0.25, 0.3) is 10.2 Å². The number of aromatic nitrogens is 1. The minimum absolute atomic E-state index is 0.0641. The number of anilines is 1. The van der Waals surface area contributed by atoms with Gasteiger partial charge in [0.05, 0.1) is 16.6 Å². The van der Waals surface area contributed by atoms with Crippen molar-refractivity contribution in [2.45, 2.75) is 13.3 Å². The number of carbonyl (C=O) groups excluding carboxylic acids is 1. The first kappa shape index (κ1) is 14.0. The number of benzene rings is 2. The van der Waals surface area contributed by atoms with Crippen molar-refractivity contribution in [1.29, 1.82) is 0 Å². The van der Waals surface area contributed by atoms with E-state index in [2.05, 4.69) is 10.3 Å². The number of nitrogens with one attached hydrogen (secondary N) is 1. The molecule has 106 valence electrons. The zero-order chi connectivity index (χ0) is 14.8. The van der Waals surface area contributed by atoms with E-state index in [1.807, 2.05) is 43.3 Å². The predicted molar refractivity (Wildman–Crippen MR) is 88.1 cm³/mol. The Balaban J connectivity index is 1.74. The third kappa shape index (κ3) is 3.40. The minimum Gasteiger partial charge on any atom is -0.302 e. The van der Waals surface area contributed by atoms with E-state index in [1.54, 1.807) is 6.07 Å². The number of amides is 1. The molecule has 0 radical (unpaired) electrons. The lowest BCUT2D eigenvalue weighted by atomic mass is 10.1. The Kier molecular flexibility index (Phi) is 3.90. The average Bonchev–Trinajstić information content (AvgIpc) is 2.79. The van der Waals surface area contributed by atoms with Crippen LogP contribution in [0.4, 0.5) is 5.13 Å². The van der Waals surface area contributed by atoms with Gasteiger partial charge in [-0.15, -0.1) is 0 Å². The molecule has 0 spiro atoms. The maximum atomic E-state index is 12.1. The van der Waals surface area contributed by atoms with Crippen LogP contribution < -0.4 is 5.32 Å². The number of hydrogen-bond donors (Lipinski definition) is 1. The normalized spacial score (nSPS) is 10.8. The van der Waals surface area contributed by atoms with Crippen molar-refractivity contribution in [1.82, 2.24) is 4.98 Å². The van der Waals surface area contributed by atoms with Crippen molar-refractivity contribution in [3.63, 3.8) is 0 Å². The number of thiazole rings is 1. The molecule has 0 atom stereocenters. The van der Waals surface area contributed by atoms with Gasteiger partial charge in [-0.05, 0) is 30.7 Å². The van der Waals surface area contributed by atoms with Crippen molar-refractivity contribution < 1.29 is 4.79 Å². The number of fused-ring (bicyclic) bond motifs is 1. The van der Waals surface area contributed by atoms with Gasteiger partial charge in [0.1, 0.15) is 0 Å². The van der Waals surface area contributed by atoms with E-state index in [-0.39, 0.29) is 5.91 Å². The molecule has 0 saturated carbocycles. The molecule has 0 unspecified atom stereocenters. The fourth-order valence-corrected chi connectivity index (χ4v) is 3.28. The molecular weight excluding hydrogens is 304 g/mol. The van der Waals surface area contributed by atoms with Crippen molar-refractivity contribution in [3.8, 4) is 0 Å². The molecular formula is C16H13ClN2OS. The summed E-state index contributed by atoms with van der Waals surface area (Å²) in [6.07, 6.45) is 0.346. The average molecular weight is 317 g/mol. The molecule has 3 aromatic rings. The maximum absolute atomic E-state index is 12.1. The van der Waals surface area contributed by atoms with E-state index in [1.165, 1.54) is 11.3 Å². The van der Waals surface area contributed by atoms with Gasteiger partial charge in [0.2, 0.25) is 5.91 Å². The van der Waals surface area contributed by atoms with Crippen LogP contribution in [0.5, 0.6) is 0 Å². The smallest absolute Gasteiger partial charge is 0.230 e. The maximum Gasteiger partial charge on any atom is 0.230 e. The summed E-state index contributed by atoms with van der Waals surface area (Å²) in [5, 5.41) is 4.12. The molecule has 0 saturated heterocycles. The molecule has 1 heterocycles. The first-order valence-corrected chi connectivity index (χ1v) is 7.71. The second-order valence-electron chi connectivity index (χ2n) is 4.85. The lowest BCUT2D eigenvalue weighted by molar-refractivity contribution is -0.115. The molecule has 2 aromatic carbocycles. The molecule has 0 aliphatic heterocycles. The van der Waals surface area contributed by atoms with Crippen LogP contribution in [0.1, 0.15) is 11.1 Å². The summed E-state index contributed by atoms with van der Waals surface area (Å²) in [7, 11) is 0. The predicted octanol–water partition coefficient (Wildman–Crippen LogP) is 4.44. The van der Waals surface area contributed by atoms with Crippen LogP contribution in [0, 0.1) is 6.92 Å². The number of carbonyl (C=O) groups is 1. The number of nitrogens with zero attached hydrogens (tertiary/aromatic N) is 1. The molecule has 1 amide bonds. The second-order valence-corrected chi connectivity index (χ2v) is 6.31. The summed E-state index contributed by atoms with van der Waals surface area (Å²) in [4.78, 5) is 16.4. The van der Waals surface area contributed by atoms with Gasteiger partial charge >= 0.3 is 0 Å². The van der Waals surface area contributed by atoms with Gasteiger partial charge in [0.25, 0.3) is 0 Å². The van der Waals surface area contributed by atoms with Crippen molar-refractivity contribution in [2.24, 2.45) is 0 Å². The summed E-state index contributed by atoms with van der Waals surface area (Å²) in [5.74, 6) is -0.0641. The fraction of sp³-hybridized carbons (Fsp3) is 0.125. The highest BCUT2D eigenvalue weighted by molar-refractivity contribution is 7.22. The van der Waals surface area contributed by atoms with Crippen LogP contribution in [0.15, 0.2) is 42.5 Å². The standard InChI is InChI=1S/C16H13ClN2OS/c1-10-3-2-4-11(7-10)8-15(20)19-16-18-13-6-5-12(17)9-14(13)21-16/h2-7,9H,8H2,1H3,(H,18,19,20). The quantitative estimate of drug-likeness (QED) is 0.776. The van der Waals surface area contributed by atoms with Gasteiger partial charge in [0.15, 0.2) is 5.13 Å². The van der Waals surface area contributed by atoms with Crippen molar-refractivity contribution in [2.75, 3.05) is 5.32 Å². The van der Waals surface area contributed by atoms with Crippen LogP contribution >= 0.6 is 22.9 Å². The monoisotopic (exact) mass is 316 g/mol. The van der Waals surface area contributed by atoms with Gasteiger partial charge in [-0.1, -0.05) is 52.8 Å². The molecule has 21 heavy (non-hydrogen) atoms. The number of hydrogen-bond acceptors (Lipinski definition) is 3. The van der Waals surface area contributed by atoms with Gasteiger partial charge in [-0.25, -0.2) is 4.98 Å². The number of rotatable bonds is 3. The Morgan fingerprint density at radius 3 is 2.95 bits per heavy atom. The molecule has 3 nitrogen and oxygen atoms in total. The molecule has 0 bridgehead atoms. The number of aryl methyl sites for hydroxylation is 1. The van der Waals surface area contributed by atoms with E-state index in [9.17, 15) is 4.79 Å². The molecule has 5 heteroatoms. The Labute approximate surface area is 131 Å². The lowest BCUT2D eigenvalue weighted by Crippen LogP contribution is -2.14. The summed E-state index contributed by atoms with van der Waals surface area (Å²) >= 11 is 7.37. The highest BCUT2D eigenvalue weighted by Crippen LogP contribution is 2.28. The largest absolute Gasteiger partial charge is 0.302 e. The van der Waals surface area contributed by atoms with Crippen molar-refractivity contribution >= 4 is 44.2 Å². The second kappa shape index (κ2) is 5.84. The lowest BCUT2D eigenvalue weighted by Gasteiger charge is -2.02. The summed E-state index contributed by atoms with van der Waals surface area (Å²) < 4.78 is 0.966. The highest BCUT2D eigenvalue weighted by atomic mass is 35.5. The number of halogens is 1. The molecule has 1 aromatic heterocycles. The zero-order valence-corrected chi connectivity index (χ0v) is 13.0. The first-order valence-electron chi connectivity index (χ1n) is 6.52.